The smallest absolute Gasteiger partial charge is 0.368 e. The highest BCUT2D eigenvalue weighted by molar-refractivity contribution is 6.33. The van der Waals surface area contributed by atoms with Crippen molar-refractivity contribution < 1.29 is 40.6 Å². The summed E-state index contributed by atoms with van der Waals surface area (Å²) in [5, 5.41) is 13.9. The van der Waals surface area contributed by atoms with Gasteiger partial charge in [-0.1, -0.05) is 44.5 Å². The molecule has 4 nitrogen and oxygen atoms in total. The van der Waals surface area contributed by atoms with E-state index < -0.39 is 47.2 Å². The van der Waals surface area contributed by atoms with E-state index in [0.29, 0.717) is 0 Å². The number of aliphatic hydroxyl groups is 1. The number of benzene rings is 1. The number of halogens is 8. The van der Waals surface area contributed by atoms with Crippen LogP contribution in [-0.4, -0.2) is 45.5 Å². The number of hydrogen-bond acceptors (Lipinski definition) is 3. The van der Waals surface area contributed by atoms with Crippen molar-refractivity contribution in [2.24, 2.45) is 10.5 Å². The zero-order valence-corrected chi connectivity index (χ0v) is 16.0. The number of carbonyl (C=O) groups is 1. The highest BCUT2D eigenvalue weighted by Crippen LogP contribution is 2.51. The Bertz CT molecular complexity index is 849. The molecule has 12 heteroatoms. The molecule has 1 aromatic rings. The maximum absolute atomic E-state index is 14.2. The Hall–Kier alpha value is -1.88. The van der Waals surface area contributed by atoms with Gasteiger partial charge in [0.25, 0.3) is 5.91 Å². The average Bonchev–Trinajstić information content (AvgIpc) is 2.93. The van der Waals surface area contributed by atoms with Crippen LogP contribution in [0.5, 0.6) is 0 Å². The van der Waals surface area contributed by atoms with Gasteiger partial charge in [-0.3, -0.25) is 4.79 Å². The van der Waals surface area contributed by atoms with Crippen LogP contribution in [0.15, 0.2) is 29.4 Å². The number of alkyl halides is 7. The highest BCUT2D eigenvalue weighted by Gasteiger charge is 2.76. The van der Waals surface area contributed by atoms with E-state index in [4.69, 9.17) is 11.6 Å². The summed E-state index contributed by atoms with van der Waals surface area (Å²) in [7, 11) is 0. The van der Waals surface area contributed by atoms with Crippen molar-refractivity contribution in [1.29, 1.82) is 0 Å². The van der Waals surface area contributed by atoms with E-state index in [1.165, 1.54) is 39.0 Å². The molecular weight excluding hydrogens is 433 g/mol. The predicted molar refractivity (Wildman–Crippen MR) is 90.0 cm³/mol. The zero-order chi connectivity index (χ0) is 22.6. The van der Waals surface area contributed by atoms with Gasteiger partial charge in [0, 0.05) is 11.8 Å². The first-order chi connectivity index (χ1) is 12.9. The molecule has 0 saturated carbocycles. The molecule has 0 aromatic heterocycles. The van der Waals surface area contributed by atoms with E-state index >= 15 is 0 Å². The Morgan fingerprint density at radius 3 is 2.07 bits per heavy atom. The Kier molecular flexibility index (Phi) is 5.51. The Labute approximate surface area is 165 Å². The van der Waals surface area contributed by atoms with Gasteiger partial charge in [-0.2, -0.15) is 40.8 Å². The molecule has 0 spiro atoms. The van der Waals surface area contributed by atoms with Crippen LogP contribution < -0.4 is 0 Å². The van der Waals surface area contributed by atoms with Crippen molar-refractivity contribution in [3.05, 3.63) is 34.9 Å². The molecule has 2 rings (SSSR count). The summed E-state index contributed by atoms with van der Waals surface area (Å²) >= 11 is 5.87. The molecule has 0 unspecified atom stereocenters. The van der Waals surface area contributed by atoms with Gasteiger partial charge in [-0.05, 0) is 12.1 Å². The van der Waals surface area contributed by atoms with Gasteiger partial charge in [-0.25, -0.2) is 0 Å². The van der Waals surface area contributed by atoms with Crippen molar-refractivity contribution in [3.8, 4) is 0 Å². The average molecular weight is 449 g/mol. The lowest BCUT2D eigenvalue weighted by atomic mass is 9.79. The molecule has 1 N–H and O–H groups in total. The van der Waals surface area contributed by atoms with E-state index in [0.717, 1.165) is 6.07 Å². The summed E-state index contributed by atoms with van der Waals surface area (Å²) in [4.78, 5) is 12.8. The van der Waals surface area contributed by atoms with Crippen LogP contribution in [0.4, 0.5) is 30.7 Å². The fourth-order valence-electron chi connectivity index (χ4n) is 2.63. The highest BCUT2D eigenvalue weighted by atomic mass is 35.5. The number of amides is 1. The van der Waals surface area contributed by atoms with Gasteiger partial charge < -0.3 is 5.11 Å². The monoisotopic (exact) mass is 448 g/mol. The minimum absolute atomic E-state index is 0.0872. The molecule has 0 bridgehead atoms. The predicted octanol–water partition coefficient (Wildman–Crippen LogP) is 5.11. The second-order valence-corrected chi connectivity index (χ2v) is 7.94. The lowest BCUT2D eigenvalue weighted by Crippen LogP contribution is -2.58. The lowest BCUT2D eigenvalue weighted by Gasteiger charge is -2.41. The molecule has 29 heavy (non-hydrogen) atoms. The third kappa shape index (κ3) is 3.58. The molecule has 0 fully saturated rings. The van der Waals surface area contributed by atoms with Gasteiger partial charge in [-0.15, -0.1) is 0 Å². The van der Waals surface area contributed by atoms with Gasteiger partial charge in [0.05, 0.1) is 10.6 Å². The summed E-state index contributed by atoms with van der Waals surface area (Å²) in [5.74, 6) is -13.5. The number of carbonyl (C=O) groups excluding carboxylic acids is 1. The second kappa shape index (κ2) is 6.83. The van der Waals surface area contributed by atoms with Gasteiger partial charge in [0.2, 0.25) is 0 Å². The fourth-order valence-corrected chi connectivity index (χ4v) is 2.84. The van der Waals surface area contributed by atoms with Crippen LogP contribution in [-0.2, 0) is 0 Å². The molecule has 162 valence electrons. The number of hydrogen-bond donors (Lipinski definition) is 1. The topological polar surface area (TPSA) is 52.9 Å². The van der Waals surface area contributed by atoms with Crippen LogP contribution in [0.1, 0.15) is 37.6 Å². The molecular formula is C17H16ClF7N2O2. The third-order valence-electron chi connectivity index (χ3n) is 4.60. The number of nitrogens with zero attached hydrogens (tertiary/aromatic N) is 2. The van der Waals surface area contributed by atoms with Crippen molar-refractivity contribution in [2.45, 2.75) is 50.9 Å². The standard InChI is InChI=1S/C17H16ClF7N2O2/c1-13(2,3)14(29)8-11(15(19,20)16(21,22)17(23,24)25)26-27(14)12(28)9-6-4-5-7-10(9)18/h4-7,29H,8H2,1-3H3/t14-/m1/s1. The second-order valence-electron chi connectivity index (χ2n) is 7.53. The molecule has 1 aromatic carbocycles. The van der Waals surface area contributed by atoms with Crippen molar-refractivity contribution in [2.75, 3.05) is 0 Å². The molecule has 0 aliphatic carbocycles. The van der Waals surface area contributed by atoms with Crippen LogP contribution in [0.2, 0.25) is 5.02 Å². The lowest BCUT2D eigenvalue weighted by molar-refractivity contribution is -0.336. The summed E-state index contributed by atoms with van der Waals surface area (Å²) in [5.41, 5.74) is -6.37. The zero-order valence-electron chi connectivity index (χ0n) is 15.3. The number of rotatable bonds is 3. The maximum atomic E-state index is 14.2. The Morgan fingerprint density at radius 2 is 1.62 bits per heavy atom. The molecule has 0 radical (unpaired) electrons. The van der Waals surface area contributed by atoms with E-state index in [-0.39, 0.29) is 15.6 Å². The largest absolute Gasteiger partial charge is 0.460 e. The first-order valence-electron chi connectivity index (χ1n) is 8.09. The van der Waals surface area contributed by atoms with Crippen molar-refractivity contribution in [1.82, 2.24) is 5.01 Å². The van der Waals surface area contributed by atoms with Crippen LogP contribution >= 0.6 is 11.6 Å². The summed E-state index contributed by atoms with van der Waals surface area (Å²) in [6.45, 7) is 3.83. The van der Waals surface area contributed by atoms with E-state index in [2.05, 4.69) is 5.10 Å². The normalized spacial score (nSPS) is 21.4. The quantitative estimate of drug-likeness (QED) is 0.653. The minimum Gasteiger partial charge on any atom is -0.368 e. The van der Waals surface area contributed by atoms with Gasteiger partial charge in [0.1, 0.15) is 5.71 Å². The van der Waals surface area contributed by atoms with Crippen molar-refractivity contribution in [3.63, 3.8) is 0 Å². The fraction of sp³-hybridized carbons (Fsp3) is 0.529. The SMILES string of the molecule is CC(C)(C)[C@]1(O)CC(C(F)(F)C(F)(F)C(F)(F)F)=NN1C(=O)c1ccccc1Cl. The molecule has 1 aliphatic heterocycles. The van der Waals surface area contributed by atoms with Gasteiger partial charge in [0.15, 0.2) is 5.72 Å². The first kappa shape index (κ1) is 23.4. The third-order valence-corrected chi connectivity index (χ3v) is 4.93. The molecule has 1 aliphatic rings. The Morgan fingerprint density at radius 1 is 1.10 bits per heavy atom. The molecule has 1 atom stereocenters. The van der Waals surface area contributed by atoms with Crippen molar-refractivity contribution >= 4 is 23.2 Å². The maximum Gasteiger partial charge on any atom is 0.460 e. The molecule has 1 amide bonds. The van der Waals surface area contributed by atoms with Crippen LogP contribution in [0.3, 0.4) is 0 Å². The van der Waals surface area contributed by atoms with E-state index in [1.807, 2.05) is 0 Å². The summed E-state index contributed by atoms with van der Waals surface area (Å²) in [6.07, 6.45) is -8.01. The first-order valence-corrected chi connectivity index (χ1v) is 8.47. The molecule has 1 heterocycles. The molecule has 0 saturated heterocycles. The summed E-state index contributed by atoms with van der Waals surface area (Å²) < 4.78 is 92.9. The van der Waals surface area contributed by atoms with E-state index in [1.54, 1.807) is 0 Å². The van der Waals surface area contributed by atoms with Gasteiger partial charge >= 0.3 is 18.0 Å². The van der Waals surface area contributed by atoms with Crippen LogP contribution in [0, 0.1) is 5.41 Å². The number of hydrazone groups is 1. The summed E-state index contributed by atoms with van der Waals surface area (Å²) in [6, 6.07) is 5.20. The Balaban J connectivity index is 2.63. The van der Waals surface area contributed by atoms with Crippen LogP contribution in [0.25, 0.3) is 0 Å². The van der Waals surface area contributed by atoms with E-state index in [9.17, 15) is 40.6 Å². The minimum atomic E-state index is -6.58.